The molecule has 0 bridgehead atoms. The van der Waals surface area contributed by atoms with Gasteiger partial charge in [0.25, 0.3) is 0 Å². The molecule has 0 fully saturated rings. The van der Waals surface area contributed by atoms with E-state index in [1.54, 1.807) is 11.8 Å². The number of nitriles is 1. The van der Waals surface area contributed by atoms with Crippen LogP contribution >= 0.6 is 11.8 Å². The summed E-state index contributed by atoms with van der Waals surface area (Å²) < 4.78 is 5.16. The van der Waals surface area contributed by atoms with E-state index in [1.807, 2.05) is 24.5 Å². The van der Waals surface area contributed by atoms with Crippen molar-refractivity contribution < 1.29 is 9.84 Å². The number of thioether (sulfide) groups is 1. The largest absolute Gasteiger partial charge is 0.394 e. The number of hydrogen-bond donors (Lipinski definition) is 2. The predicted molar refractivity (Wildman–Crippen MR) is 73.9 cm³/mol. The molecule has 0 unspecified atom stereocenters. The van der Waals surface area contributed by atoms with Gasteiger partial charge in [-0.25, -0.2) is 0 Å². The maximum Gasteiger partial charge on any atom is 0.102 e. The average Bonchev–Trinajstić information content (AvgIpc) is 2.42. The molecule has 0 atom stereocenters. The zero-order valence-electron chi connectivity index (χ0n) is 10.5. The number of ether oxygens (including phenoxy) is 1. The zero-order valence-corrected chi connectivity index (χ0v) is 11.3. The Morgan fingerprint density at radius 1 is 1.44 bits per heavy atom. The van der Waals surface area contributed by atoms with Crippen molar-refractivity contribution >= 4 is 17.4 Å². The van der Waals surface area contributed by atoms with Crippen LogP contribution in [0.25, 0.3) is 0 Å². The van der Waals surface area contributed by atoms with Crippen molar-refractivity contribution in [2.24, 2.45) is 0 Å². The Bertz CT molecular complexity index is 404. The summed E-state index contributed by atoms with van der Waals surface area (Å²) in [7, 11) is 0. The minimum atomic E-state index is 0.0573. The monoisotopic (exact) mass is 266 g/mol. The SMILES string of the molecule is CSc1cccc(NCCCOCCO)c1C#N. The minimum absolute atomic E-state index is 0.0573. The first-order chi connectivity index (χ1) is 8.83. The van der Waals surface area contributed by atoms with Gasteiger partial charge in [0.1, 0.15) is 6.07 Å². The van der Waals surface area contributed by atoms with Gasteiger partial charge in [0.05, 0.1) is 24.5 Å². The number of rotatable bonds is 8. The molecule has 18 heavy (non-hydrogen) atoms. The molecule has 1 aromatic carbocycles. The number of nitrogens with one attached hydrogen (secondary N) is 1. The van der Waals surface area contributed by atoms with E-state index in [-0.39, 0.29) is 6.61 Å². The fourth-order valence-corrected chi connectivity index (χ4v) is 2.10. The highest BCUT2D eigenvalue weighted by Gasteiger charge is 2.06. The molecule has 0 amide bonds. The van der Waals surface area contributed by atoms with E-state index in [2.05, 4.69) is 11.4 Å². The maximum absolute atomic E-state index is 9.15. The van der Waals surface area contributed by atoms with Gasteiger partial charge >= 0.3 is 0 Å². The number of benzene rings is 1. The lowest BCUT2D eigenvalue weighted by Crippen LogP contribution is -2.08. The smallest absolute Gasteiger partial charge is 0.102 e. The van der Waals surface area contributed by atoms with Crippen LogP contribution in [0.3, 0.4) is 0 Å². The van der Waals surface area contributed by atoms with E-state index in [0.29, 0.717) is 18.8 Å². The molecule has 98 valence electrons. The van der Waals surface area contributed by atoms with E-state index in [4.69, 9.17) is 15.1 Å². The first-order valence-electron chi connectivity index (χ1n) is 5.83. The number of nitrogens with zero attached hydrogens (tertiary/aromatic N) is 1. The summed E-state index contributed by atoms with van der Waals surface area (Å²) in [4.78, 5) is 0.985. The van der Waals surface area contributed by atoms with Crippen LogP contribution in [0.4, 0.5) is 5.69 Å². The van der Waals surface area contributed by atoms with Gasteiger partial charge in [0.15, 0.2) is 0 Å². The van der Waals surface area contributed by atoms with Gasteiger partial charge in [0, 0.05) is 18.0 Å². The maximum atomic E-state index is 9.15. The highest BCUT2D eigenvalue weighted by molar-refractivity contribution is 7.98. The Morgan fingerprint density at radius 3 is 2.94 bits per heavy atom. The molecule has 2 N–H and O–H groups in total. The Morgan fingerprint density at radius 2 is 2.28 bits per heavy atom. The predicted octanol–water partition coefficient (Wildman–Crippen LogP) is 2.09. The van der Waals surface area contributed by atoms with E-state index in [0.717, 1.165) is 23.5 Å². The van der Waals surface area contributed by atoms with Gasteiger partial charge in [-0.1, -0.05) is 6.07 Å². The van der Waals surface area contributed by atoms with Crippen LogP contribution < -0.4 is 5.32 Å². The van der Waals surface area contributed by atoms with Crippen LogP contribution in [-0.2, 0) is 4.74 Å². The Kier molecular flexibility index (Phi) is 7.26. The van der Waals surface area contributed by atoms with E-state index < -0.39 is 0 Å². The summed E-state index contributed by atoms with van der Waals surface area (Å²) in [6, 6.07) is 8.02. The lowest BCUT2D eigenvalue weighted by molar-refractivity contribution is 0.0922. The second-order valence-corrected chi connectivity index (χ2v) is 4.46. The second kappa shape index (κ2) is 8.81. The fourth-order valence-electron chi connectivity index (χ4n) is 1.53. The minimum Gasteiger partial charge on any atom is -0.394 e. The second-order valence-electron chi connectivity index (χ2n) is 3.61. The standard InChI is InChI=1S/C13H18N2O2S/c1-18-13-5-2-4-12(11(13)10-14)15-6-3-8-17-9-7-16/h2,4-5,15-16H,3,6-9H2,1H3. The normalized spacial score (nSPS) is 10.1. The van der Waals surface area contributed by atoms with Crippen LogP contribution in [-0.4, -0.2) is 37.7 Å². The van der Waals surface area contributed by atoms with Crippen molar-refractivity contribution in [3.05, 3.63) is 23.8 Å². The van der Waals surface area contributed by atoms with E-state index in [9.17, 15) is 0 Å². The highest BCUT2D eigenvalue weighted by Crippen LogP contribution is 2.26. The molecular weight excluding hydrogens is 248 g/mol. The molecule has 1 aromatic rings. The van der Waals surface area contributed by atoms with E-state index in [1.165, 1.54) is 0 Å². The fraction of sp³-hybridized carbons (Fsp3) is 0.462. The molecule has 0 radical (unpaired) electrons. The molecule has 0 heterocycles. The molecule has 0 spiro atoms. The first-order valence-corrected chi connectivity index (χ1v) is 7.05. The summed E-state index contributed by atoms with van der Waals surface area (Å²) in [5.74, 6) is 0. The summed E-state index contributed by atoms with van der Waals surface area (Å²) in [6.07, 6.45) is 2.80. The van der Waals surface area contributed by atoms with Crippen LogP contribution in [0.2, 0.25) is 0 Å². The highest BCUT2D eigenvalue weighted by atomic mass is 32.2. The lowest BCUT2D eigenvalue weighted by atomic mass is 10.2. The molecule has 0 aliphatic carbocycles. The van der Waals surface area contributed by atoms with Gasteiger partial charge in [-0.05, 0) is 24.8 Å². The zero-order chi connectivity index (χ0) is 13.2. The van der Waals surface area contributed by atoms with Gasteiger partial charge in [-0.2, -0.15) is 5.26 Å². The molecule has 0 aromatic heterocycles. The van der Waals surface area contributed by atoms with Crippen molar-refractivity contribution in [1.29, 1.82) is 5.26 Å². The molecule has 5 heteroatoms. The van der Waals surface area contributed by atoms with Gasteiger partial charge in [-0.3, -0.25) is 0 Å². The summed E-state index contributed by atoms with van der Waals surface area (Å²) in [5, 5.41) is 20.9. The van der Waals surface area contributed by atoms with Crippen LogP contribution in [0.1, 0.15) is 12.0 Å². The third-order valence-electron chi connectivity index (χ3n) is 2.37. The Labute approximate surface area is 112 Å². The molecule has 0 aliphatic heterocycles. The van der Waals surface area contributed by atoms with Gasteiger partial charge in [-0.15, -0.1) is 11.8 Å². The number of aliphatic hydroxyl groups excluding tert-OH is 1. The van der Waals surface area contributed by atoms with Crippen molar-refractivity contribution in [3.63, 3.8) is 0 Å². The first kappa shape index (κ1) is 14.8. The summed E-state index contributed by atoms with van der Waals surface area (Å²) in [6.45, 7) is 1.79. The number of anilines is 1. The van der Waals surface area contributed by atoms with Crippen LogP contribution in [0.15, 0.2) is 23.1 Å². The van der Waals surface area contributed by atoms with Crippen LogP contribution in [0.5, 0.6) is 0 Å². The van der Waals surface area contributed by atoms with Crippen molar-refractivity contribution in [1.82, 2.24) is 0 Å². The average molecular weight is 266 g/mol. The van der Waals surface area contributed by atoms with Crippen molar-refractivity contribution in [2.75, 3.05) is 37.9 Å². The van der Waals surface area contributed by atoms with Crippen LogP contribution in [0, 0.1) is 11.3 Å². The topological polar surface area (TPSA) is 65.3 Å². The quantitative estimate of drug-likeness (QED) is 0.557. The molecule has 0 saturated carbocycles. The third kappa shape index (κ3) is 4.57. The lowest BCUT2D eigenvalue weighted by Gasteiger charge is -2.10. The molecule has 4 nitrogen and oxygen atoms in total. The van der Waals surface area contributed by atoms with Gasteiger partial charge < -0.3 is 15.2 Å². The third-order valence-corrected chi connectivity index (χ3v) is 3.15. The Balaban J connectivity index is 2.45. The summed E-state index contributed by atoms with van der Waals surface area (Å²) >= 11 is 1.57. The molecular formula is C13H18N2O2S. The molecule has 0 aliphatic rings. The Hall–Kier alpha value is -1.22. The summed E-state index contributed by atoms with van der Waals surface area (Å²) in [5.41, 5.74) is 1.56. The molecule has 1 rings (SSSR count). The van der Waals surface area contributed by atoms with Crippen molar-refractivity contribution in [3.8, 4) is 6.07 Å². The van der Waals surface area contributed by atoms with Gasteiger partial charge in [0.2, 0.25) is 0 Å². The van der Waals surface area contributed by atoms with Crippen molar-refractivity contribution in [2.45, 2.75) is 11.3 Å². The molecule has 0 saturated heterocycles. The van der Waals surface area contributed by atoms with E-state index >= 15 is 0 Å². The number of hydrogen-bond acceptors (Lipinski definition) is 5. The number of aliphatic hydroxyl groups is 1.